The lowest BCUT2D eigenvalue weighted by Gasteiger charge is -2.13. The minimum atomic E-state index is -0.704. The van der Waals surface area contributed by atoms with Gasteiger partial charge in [-0.2, -0.15) is 0 Å². The third-order valence-electron chi connectivity index (χ3n) is 5.29. The van der Waals surface area contributed by atoms with Gasteiger partial charge >= 0.3 is 0 Å². The molecule has 4 rings (SSSR count). The smallest absolute Gasteiger partial charge is 0.288 e. The molecule has 0 aliphatic heterocycles. The number of aromatic nitrogens is 2. The first-order valence-corrected chi connectivity index (χ1v) is 10.4. The van der Waals surface area contributed by atoms with Crippen LogP contribution in [0, 0.1) is 18.2 Å². The van der Waals surface area contributed by atoms with E-state index in [-0.39, 0.29) is 40.0 Å². The number of hydrogen-bond donors (Lipinski definition) is 1. The standard InChI is InChI=1S/C25H20F2N4O2/c1-4-17(32)11-15-5-7-16(8-6-15)31-24-23(28-3)25(30-13-29-24)33-21-12-20(26)18-9-14(2)10-19(18)22(21)27/h5-8,10,12-13H,4,9,11H2,1-2H3,(H,29,30,31). The van der Waals surface area contributed by atoms with Crippen LogP contribution < -0.4 is 10.1 Å². The van der Waals surface area contributed by atoms with Gasteiger partial charge in [0.25, 0.3) is 5.69 Å². The third kappa shape index (κ3) is 4.58. The van der Waals surface area contributed by atoms with Gasteiger partial charge in [0.05, 0.1) is 6.57 Å². The predicted molar refractivity (Wildman–Crippen MR) is 121 cm³/mol. The first-order valence-electron chi connectivity index (χ1n) is 10.4. The number of benzene rings is 2. The van der Waals surface area contributed by atoms with Gasteiger partial charge in [0, 0.05) is 35.7 Å². The first kappa shape index (κ1) is 22.1. The Morgan fingerprint density at radius 2 is 2.00 bits per heavy atom. The van der Waals surface area contributed by atoms with E-state index < -0.39 is 11.6 Å². The first-order chi connectivity index (χ1) is 15.9. The molecule has 1 aromatic heterocycles. The number of hydrogen-bond acceptors (Lipinski definition) is 5. The summed E-state index contributed by atoms with van der Waals surface area (Å²) in [5, 5.41) is 3.01. The van der Waals surface area contributed by atoms with E-state index in [1.165, 1.54) is 6.33 Å². The highest BCUT2D eigenvalue weighted by Crippen LogP contribution is 2.40. The molecule has 0 fully saturated rings. The fraction of sp³-hybridized carbons (Fsp3) is 0.200. The molecule has 33 heavy (non-hydrogen) atoms. The molecule has 3 aromatic rings. The van der Waals surface area contributed by atoms with Crippen molar-refractivity contribution in [3.8, 4) is 11.6 Å². The van der Waals surface area contributed by atoms with Gasteiger partial charge in [-0.05, 0) is 31.0 Å². The molecular formula is C25H20F2N4O2. The summed E-state index contributed by atoms with van der Waals surface area (Å²) in [6.07, 6.45) is 3.93. The van der Waals surface area contributed by atoms with Gasteiger partial charge in [-0.3, -0.25) is 4.79 Å². The Labute approximate surface area is 189 Å². The zero-order valence-electron chi connectivity index (χ0n) is 18.1. The number of fused-ring (bicyclic) bond motifs is 1. The number of nitrogens with one attached hydrogen (secondary N) is 1. The second-order valence-electron chi connectivity index (χ2n) is 7.71. The number of allylic oxidation sites excluding steroid dienone is 1. The maximum absolute atomic E-state index is 15.0. The Morgan fingerprint density at radius 1 is 1.24 bits per heavy atom. The van der Waals surface area contributed by atoms with E-state index in [2.05, 4.69) is 20.1 Å². The van der Waals surface area contributed by atoms with Crippen LogP contribution in [0.5, 0.6) is 11.6 Å². The van der Waals surface area contributed by atoms with Gasteiger partial charge in [-0.15, -0.1) is 0 Å². The van der Waals surface area contributed by atoms with Crippen molar-refractivity contribution in [3.05, 3.63) is 82.0 Å². The van der Waals surface area contributed by atoms with Crippen LogP contribution in [0.15, 0.2) is 42.2 Å². The Bertz CT molecular complexity index is 1310. The number of rotatable bonds is 7. The van der Waals surface area contributed by atoms with Gasteiger partial charge in [0.15, 0.2) is 11.6 Å². The Balaban J connectivity index is 1.60. The molecule has 6 nitrogen and oxygen atoms in total. The fourth-order valence-corrected chi connectivity index (χ4v) is 3.57. The van der Waals surface area contributed by atoms with Gasteiger partial charge in [0.2, 0.25) is 5.88 Å². The molecular weight excluding hydrogens is 426 g/mol. The van der Waals surface area contributed by atoms with Crippen molar-refractivity contribution in [2.45, 2.75) is 33.1 Å². The van der Waals surface area contributed by atoms with E-state index in [9.17, 15) is 13.6 Å². The third-order valence-corrected chi connectivity index (χ3v) is 5.29. The molecule has 0 radical (unpaired) electrons. The van der Waals surface area contributed by atoms with Crippen molar-refractivity contribution >= 4 is 29.1 Å². The Morgan fingerprint density at radius 3 is 2.70 bits per heavy atom. The fourth-order valence-electron chi connectivity index (χ4n) is 3.57. The molecule has 0 amide bonds. The molecule has 166 valence electrons. The number of anilines is 2. The monoisotopic (exact) mass is 446 g/mol. The average molecular weight is 446 g/mol. The summed E-state index contributed by atoms with van der Waals surface area (Å²) in [4.78, 5) is 23.1. The Kier molecular flexibility index (Phi) is 6.13. The lowest BCUT2D eigenvalue weighted by Crippen LogP contribution is -2.01. The highest BCUT2D eigenvalue weighted by Gasteiger charge is 2.24. The van der Waals surface area contributed by atoms with Crippen molar-refractivity contribution in [2.24, 2.45) is 0 Å². The number of carbonyl (C=O) groups excluding carboxylic acids is 1. The number of Topliss-reactive ketones (excluding diaryl/α,β-unsaturated/α-hetero) is 1. The summed E-state index contributed by atoms with van der Waals surface area (Å²) in [7, 11) is 0. The minimum Gasteiger partial charge on any atom is -0.446 e. The number of nitrogens with zero attached hydrogens (tertiary/aromatic N) is 3. The number of carbonyl (C=O) groups is 1. The van der Waals surface area contributed by atoms with E-state index in [0.29, 0.717) is 24.9 Å². The van der Waals surface area contributed by atoms with Crippen molar-refractivity contribution in [1.82, 2.24) is 9.97 Å². The molecule has 0 saturated carbocycles. The maximum atomic E-state index is 15.0. The molecule has 0 atom stereocenters. The highest BCUT2D eigenvalue weighted by atomic mass is 19.1. The van der Waals surface area contributed by atoms with Gasteiger partial charge in [0.1, 0.15) is 23.7 Å². The SMILES string of the molecule is [C-]#[N+]c1c(Nc2ccc(CC(=O)CC)cc2)ncnc1Oc1cc(F)c2c(c1F)C=C(C)C2. The average Bonchev–Trinajstić information content (AvgIpc) is 3.21. The van der Waals surface area contributed by atoms with Gasteiger partial charge in [-0.1, -0.05) is 30.7 Å². The molecule has 2 aromatic carbocycles. The molecule has 0 bridgehead atoms. The molecule has 1 aliphatic rings. The van der Waals surface area contributed by atoms with E-state index in [4.69, 9.17) is 11.3 Å². The molecule has 1 N–H and O–H groups in total. The van der Waals surface area contributed by atoms with Crippen molar-refractivity contribution in [1.29, 1.82) is 0 Å². The van der Waals surface area contributed by atoms with Crippen molar-refractivity contribution < 1.29 is 18.3 Å². The van der Waals surface area contributed by atoms with Crippen LogP contribution in [0.4, 0.5) is 26.0 Å². The topological polar surface area (TPSA) is 68.5 Å². The zero-order valence-corrected chi connectivity index (χ0v) is 18.1. The van der Waals surface area contributed by atoms with Crippen LogP contribution in [-0.4, -0.2) is 15.8 Å². The number of ketones is 1. The normalized spacial score (nSPS) is 12.0. The second-order valence-corrected chi connectivity index (χ2v) is 7.71. The summed E-state index contributed by atoms with van der Waals surface area (Å²) in [6, 6.07) is 8.12. The van der Waals surface area contributed by atoms with E-state index in [1.54, 1.807) is 25.1 Å². The summed E-state index contributed by atoms with van der Waals surface area (Å²) in [6.45, 7) is 11.2. The molecule has 0 spiro atoms. The summed E-state index contributed by atoms with van der Waals surface area (Å²) in [5.41, 5.74) is 2.73. The van der Waals surface area contributed by atoms with E-state index >= 15 is 0 Å². The maximum Gasteiger partial charge on any atom is 0.288 e. The van der Waals surface area contributed by atoms with Gasteiger partial charge < -0.3 is 10.1 Å². The molecule has 0 saturated heterocycles. The van der Waals surface area contributed by atoms with E-state index in [0.717, 1.165) is 17.2 Å². The summed E-state index contributed by atoms with van der Waals surface area (Å²) >= 11 is 0. The second kappa shape index (κ2) is 9.17. The van der Waals surface area contributed by atoms with Crippen LogP contribution in [0.1, 0.15) is 37.0 Å². The quantitative estimate of drug-likeness (QED) is 0.430. The summed E-state index contributed by atoms with van der Waals surface area (Å²) in [5.74, 6) is -1.52. The molecule has 1 aliphatic carbocycles. The van der Waals surface area contributed by atoms with Crippen molar-refractivity contribution in [3.63, 3.8) is 0 Å². The largest absolute Gasteiger partial charge is 0.446 e. The van der Waals surface area contributed by atoms with Gasteiger partial charge in [-0.25, -0.2) is 23.6 Å². The molecule has 0 unspecified atom stereocenters. The summed E-state index contributed by atoms with van der Waals surface area (Å²) < 4.78 is 35.0. The molecule has 1 heterocycles. The van der Waals surface area contributed by atoms with Crippen LogP contribution in [0.2, 0.25) is 0 Å². The number of ether oxygens (including phenoxy) is 1. The zero-order chi connectivity index (χ0) is 23.5. The van der Waals surface area contributed by atoms with Crippen LogP contribution in [0.3, 0.4) is 0 Å². The highest BCUT2D eigenvalue weighted by molar-refractivity contribution is 5.81. The minimum absolute atomic E-state index is 0.0743. The Hall–Kier alpha value is -4.12. The van der Waals surface area contributed by atoms with Crippen LogP contribution in [0.25, 0.3) is 10.9 Å². The van der Waals surface area contributed by atoms with Crippen LogP contribution in [-0.2, 0) is 17.6 Å². The lowest BCUT2D eigenvalue weighted by atomic mass is 10.1. The van der Waals surface area contributed by atoms with Crippen molar-refractivity contribution in [2.75, 3.05) is 5.32 Å². The predicted octanol–water partition coefficient (Wildman–Crippen LogP) is 6.32. The lowest BCUT2D eigenvalue weighted by molar-refractivity contribution is -0.118. The van der Waals surface area contributed by atoms with Crippen LogP contribution >= 0.6 is 0 Å². The number of halogens is 2. The molecule has 8 heteroatoms. The van der Waals surface area contributed by atoms with E-state index in [1.807, 2.05) is 19.1 Å².